The minimum absolute atomic E-state index is 0.00543. The van der Waals surface area contributed by atoms with Gasteiger partial charge in [0.25, 0.3) is 0 Å². The summed E-state index contributed by atoms with van der Waals surface area (Å²) in [4.78, 5) is 36.1. The molecule has 10 nitrogen and oxygen atoms in total. The molecule has 2 amide bonds. The van der Waals surface area contributed by atoms with Crippen LogP contribution in [0.1, 0.15) is 86.0 Å². The molecule has 9 unspecified atom stereocenters. The van der Waals surface area contributed by atoms with Crippen LogP contribution in [-0.2, 0) is 33.3 Å². The number of carbonyl (C=O) groups is 3. The van der Waals surface area contributed by atoms with Gasteiger partial charge in [-0.3, -0.25) is 14.4 Å². The predicted molar refractivity (Wildman–Crippen MR) is 161 cm³/mol. The lowest BCUT2D eigenvalue weighted by Gasteiger charge is -2.39. The first-order chi connectivity index (χ1) is 20.4. The Morgan fingerprint density at radius 1 is 1.09 bits per heavy atom. The molecule has 9 atom stereocenters. The van der Waals surface area contributed by atoms with E-state index >= 15 is 0 Å². The van der Waals surface area contributed by atoms with Gasteiger partial charge in [0.15, 0.2) is 0 Å². The van der Waals surface area contributed by atoms with Gasteiger partial charge in [-0.15, -0.1) is 0 Å². The van der Waals surface area contributed by atoms with E-state index in [1.54, 1.807) is 13.0 Å². The quantitative estimate of drug-likeness (QED) is 0.142. The van der Waals surface area contributed by atoms with Crippen molar-refractivity contribution in [1.82, 2.24) is 10.6 Å². The topological polar surface area (TPSA) is 136 Å². The molecule has 4 aliphatic rings. The maximum Gasteiger partial charge on any atom is 0.303 e. The number of rotatable bonds is 11. The summed E-state index contributed by atoms with van der Waals surface area (Å²) < 4.78 is 23.2. The molecular formula is C33H50N2O8. The number of hydrogen-bond acceptors (Lipinski definition) is 8. The maximum atomic E-state index is 12.6. The van der Waals surface area contributed by atoms with E-state index in [0.717, 1.165) is 37.7 Å². The van der Waals surface area contributed by atoms with Crippen molar-refractivity contribution in [2.75, 3.05) is 6.61 Å². The molecule has 3 N–H and O–H groups in total. The number of epoxide rings is 1. The highest BCUT2D eigenvalue weighted by Gasteiger charge is 2.58. The smallest absolute Gasteiger partial charge is 0.303 e. The lowest BCUT2D eigenvalue weighted by Crippen LogP contribution is -2.51. The largest absolute Gasteiger partial charge is 0.459 e. The number of hydrogen-bond donors (Lipinski definition) is 3. The van der Waals surface area contributed by atoms with Crippen LogP contribution in [0.15, 0.2) is 36.0 Å². The van der Waals surface area contributed by atoms with Crippen LogP contribution in [0, 0.1) is 5.92 Å². The summed E-state index contributed by atoms with van der Waals surface area (Å²) in [6.07, 6.45) is 13.3. The summed E-state index contributed by atoms with van der Waals surface area (Å²) in [5.41, 5.74) is 0.404. The Labute approximate surface area is 255 Å². The highest BCUT2D eigenvalue weighted by molar-refractivity contribution is 5.87. The van der Waals surface area contributed by atoms with Crippen molar-refractivity contribution in [3.05, 3.63) is 36.0 Å². The average molecular weight is 603 g/mol. The third-order valence-electron chi connectivity index (χ3n) is 9.06. The lowest BCUT2D eigenvalue weighted by atomic mass is 9.87. The molecule has 1 saturated carbocycles. The minimum atomic E-state index is -0.778. The molecule has 10 heteroatoms. The van der Waals surface area contributed by atoms with Gasteiger partial charge in [0.05, 0.1) is 37.4 Å². The van der Waals surface area contributed by atoms with Crippen LogP contribution >= 0.6 is 0 Å². The second-order valence-corrected chi connectivity index (χ2v) is 12.9. The van der Waals surface area contributed by atoms with Crippen molar-refractivity contribution in [2.24, 2.45) is 5.92 Å². The SMILES string of the molecule is CC(=O)OC(C)C=CC(=O)NC1CC(C)C(CC=C(C)C=CC2OC(CC(=O)NC3CCCC3)CC3(CO3)C2O)OC1C. The van der Waals surface area contributed by atoms with E-state index in [-0.39, 0.29) is 54.5 Å². The van der Waals surface area contributed by atoms with Gasteiger partial charge < -0.3 is 34.7 Å². The van der Waals surface area contributed by atoms with Crippen molar-refractivity contribution in [3.8, 4) is 0 Å². The van der Waals surface area contributed by atoms with E-state index in [1.165, 1.54) is 13.0 Å². The Morgan fingerprint density at radius 3 is 2.49 bits per heavy atom. The summed E-state index contributed by atoms with van der Waals surface area (Å²) in [7, 11) is 0. The first kappa shape index (κ1) is 33.4. The average Bonchev–Trinajstić information content (AvgIpc) is 3.52. The molecule has 0 aromatic carbocycles. The zero-order valence-corrected chi connectivity index (χ0v) is 26.3. The van der Waals surface area contributed by atoms with Crippen LogP contribution in [0.2, 0.25) is 0 Å². The molecule has 3 saturated heterocycles. The number of ether oxygens (including phenoxy) is 4. The van der Waals surface area contributed by atoms with E-state index < -0.39 is 29.9 Å². The third-order valence-corrected chi connectivity index (χ3v) is 9.06. The van der Waals surface area contributed by atoms with Crippen LogP contribution < -0.4 is 10.6 Å². The zero-order valence-electron chi connectivity index (χ0n) is 26.3. The van der Waals surface area contributed by atoms with Crippen LogP contribution in [-0.4, -0.2) is 83.8 Å². The highest BCUT2D eigenvalue weighted by atomic mass is 16.6. The van der Waals surface area contributed by atoms with Gasteiger partial charge in [-0.1, -0.05) is 43.6 Å². The summed E-state index contributed by atoms with van der Waals surface area (Å²) in [5.74, 6) is -0.402. The molecular weight excluding hydrogens is 552 g/mol. The van der Waals surface area contributed by atoms with Gasteiger partial charge in [-0.25, -0.2) is 0 Å². The standard InChI is InChI=1S/C33H50N2O8/c1-20(10-13-28-21(2)16-27(23(4)42-28)35-30(37)15-12-22(3)41-24(5)36)11-14-29-32(39)33(19-40-33)18-26(43-29)17-31(38)34-25-8-6-7-9-25/h10-12,14-15,21-23,25-29,32,39H,6-9,13,16-19H2,1-5H3,(H,34,38)(H,35,37). The first-order valence-electron chi connectivity index (χ1n) is 15.9. The molecule has 4 fully saturated rings. The Kier molecular flexibility index (Phi) is 11.6. The van der Waals surface area contributed by atoms with Gasteiger partial charge in [-0.2, -0.15) is 0 Å². The van der Waals surface area contributed by atoms with E-state index in [9.17, 15) is 19.5 Å². The van der Waals surface area contributed by atoms with Crippen molar-refractivity contribution >= 4 is 17.8 Å². The minimum Gasteiger partial charge on any atom is -0.459 e. The molecule has 4 rings (SSSR count). The Balaban J connectivity index is 1.25. The van der Waals surface area contributed by atoms with Crippen molar-refractivity contribution in [3.63, 3.8) is 0 Å². The van der Waals surface area contributed by atoms with Crippen LogP contribution in [0.5, 0.6) is 0 Å². The molecule has 240 valence electrons. The second kappa shape index (κ2) is 15.0. The Bertz CT molecular complexity index is 1080. The van der Waals surface area contributed by atoms with Crippen LogP contribution in [0.3, 0.4) is 0 Å². The van der Waals surface area contributed by atoms with Crippen LogP contribution in [0.4, 0.5) is 0 Å². The molecule has 0 bridgehead atoms. The van der Waals surface area contributed by atoms with Crippen molar-refractivity contribution in [2.45, 2.75) is 140 Å². The molecule has 43 heavy (non-hydrogen) atoms. The molecule has 1 aliphatic carbocycles. The molecule has 0 aromatic heterocycles. The van der Waals surface area contributed by atoms with E-state index in [2.05, 4.69) is 23.6 Å². The fourth-order valence-electron chi connectivity index (χ4n) is 6.45. The van der Waals surface area contributed by atoms with Crippen LogP contribution in [0.25, 0.3) is 0 Å². The summed E-state index contributed by atoms with van der Waals surface area (Å²) in [6.45, 7) is 9.61. The molecule has 0 radical (unpaired) electrons. The molecule has 0 aromatic rings. The number of amides is 2. The summed E-state index contributed by atoms with van der Waals surface area (Å²) in [5, 5.41) is 17.1. The first-order valence-corrected chi connectivity index (χ1v) is 15.9. The van der Waals surface area contributed by atoms with E-state index in [4.69, 9.17) is 18.9 Å². The molecule has 3 aliphatic heterocycles. The Hall–Kier alpha value is -2.53. The van der Waals surface area contributed by atoms with Crippen molar-refractivity contribution < 1.29 is 38.4 Å². The third kappa shape index (κ3) is 9.73. The molecule has 3 heterocycles. The zero-order chi connectivity index (χ0) is 31.1. The van der Waals surface area contributed by atoms with Crippen molar-refractivity contribution in [1.29, 1.82) is 0 Å². The predicted octanol–water partition coefficient (Wildman–Crippen LogP) is 3.42. The van der Waals surface area contributed by atoms with Gasteiger partial charge in [-0.05, 0) is 58.4 Å². The maximum absolute atomic E-state index is 12.6. The number of aliphatic hydroxyl groups is 1. The monoisotopic (exact) mass is 602 g/mol. The molecule has 1 spiro atoms. The highest BCUT2D eigenvalue weighted by Crippen LogP contribution is 2.43. The van der Waals surface area contributed by atoms with E-state index in [1.807, 2.05) is 26.0 Å². The summed E-state index contributed by atoms with van der Waals surface area (Å²) in [6, 6.07) is 0.151. The fourth-order valence-corrected chi connectivity index (χ4v) is 6.45. The summed E-state index contributed by atoms with van der Waals surface area (Å²) >= 11 is 0. The second-order valence-electron chi connectivity index (χ2n) is 12.9. The number of aliphatic hydroxyl groups excluding tert-OH is 1. The fraction of sp³-hybridized carbons (Fsp3) is 0.727. The normalized spacial score (nSPS) is 35.8. The number of carbonyl (C=O) groups excluding carboxylic acids is 3. The number of allylic oxidation sites excluding steroid dienone is 2. The van der Waals surface area contributed by atoms with Gasteiger partial charge >= 0.3 is 5.97 Å². The lowest BCUT2D eigenvalue weighted by molar-refractivity contribution is -0.145. The van der Waals surface area contributed by atoms with Gasteiger partial charge in [0.1, 0.15) is 23.9 Å². The number of esters is 1. The Morgan fingerprint density at radius 2 is 1.81 bits per heavy atom. The van der Waals surface area contributed by atoms with Gasteiger partial charge in [0, 0.05) is 25.5 Å². The van der Waals surface area contributed by atoms with Gasteiger partial charge in [0.2, 0.25) is 11.8 Å². The number of nitrogens with one attached hydrogen (secondary N) is 2. The van der Waals surface area contributed by atoms with E-state index in [0.29, 0.717) is 19.4 Å².